The first-order valence-electron chi connectivity index (χ1n) is 6.97. The lowest BCUT2D eigenvalue weighted by Gasteiger charge is -2.14. The standard InChI is InChI=1S/C16H19NO/c1-2-7-16(18)17-14-10-5-3-8-12(14)13-9-4-6-11-15(13)17/h3,5,8,10H,2,4,6-7,9,11H2,1H3. The Hall–Kier alpha value is -1.57. The zero-order chi connectivity index (χ0) is 12.5. The van der Waals surface area contributed by atoms with Gasteiger partial charge in [-0.25, -0.2) is 0 Å². The number of para-hydroxylation sites is 1. The monoisotopic (exact) mass is 241 g/mol. The van der Waals surface area contributed by atoms with Crippen LogP contribution in [0.4, 0.5) is 0 Å². The van der Waals surface area contributed by atoms with Crippen molar-refractivity contribution in [2.24, 2.45) is 0 Å². The Kier molecular flexibility index (Phi) is 2.94. The lowest BCUT2D eigenvalue weighted by Crippen LogP contribution is -2.15. The topological polar surface area (TPSA) is 22.0 Å². The van der Waals surface area contributed by atoms with E-state index in [1.165, 1.54) is 29.5 Å². The molecule has 0 bridgehead atoms. The molecule has 1 heterocycles. The van der Waals surface area contributed by atoms with Crippen molar-refractivity contribution in [3.8, 4) is 0 Å². The molecular formula is C16H19NO. The second kappa shape index (κ2) is 4.60. The number of carbonyl (C=O) groups excluding carboxylic acids is 1. The van der Waals surface area contributed by atoms with E-state index in [9.17, 15) is 4.79 Å². The van der Waals surface area contributed by atoms with E-state index in [4.69, 9.17) is 0 Å². The van der Waals surface area contributed by atoms with E-state index in [0.29, 0.717) is 6.42 Å². The lowest BCUT2D eigenvalue weighted by molar-refractivity contribution is 0.0903. The molecule has 3 rings (SSSR count). The van der Waals surface area contributed by atoms with E-state index in [1.807, 2.05) is 10.6 Å². The number of hydrogen-bond acceptors (Lipinski definition) is 1. The Bertz CT molecular complexity index is 594. The summed E-state index contributed by atoms with van der Waals surface area (Å²) in [5.41, 5.74) is 3.81. The van der Waals surface area contributed by atoms with E-state index in [1.54, 1.807) is 0 Å². The van der Waals surface area contributed by atoms with Gasteiger partial charge >= 0.3 is 0 Å². The van der Waals surface area contributed by atoms with Crippen LogP contribution in [0.2, 0.25) is 0 Å². The minimum Gasteiger partial charge on any atom is -0.284 e. The van der Waals surface area contributed by atoms with Crippen molar-refractivity contribution in [3.05, 3.63) is 35.5 Å². The molecule has 0 saturated heterocycles. The number of carbonyl (C=O) groups is 1. The predicted octanol–water partition coefficient (Wildman–Crippen LogP) is 3.96. The number of benzene rings is 1. The molecule has 94 valence electrons. The van der Waals surface area contributed by atoms with E-state index >= 15 is 0 Å². The number of hydrogen-bond donors (Lipinski definition) is 0. The highest BCUT2D eigenvalue weighted by atomic mass is 16.2. The van der Waals surface area contributed by atoms with Gasteiger partial charge in [0.1, 0.15) is 0 Å². The molecule has 18 heavy (non-hydrogen) atoms. The van der Waals surface area contributed by atoms with Gasteiger partial charge in [-0.3, -0.25) is 9.36 Å². The van der Waals surface area contributed by atoms with E-state index < -0.39 is 0 Å². The van der Waals surface area contributed by atoms with Gasteiger partial charge in [-0.15, -0.1) is 0 Å². The van der Waals surface area contributed by atoms with Crippen LogP contribution in [0.1, 0.15) is 48.7 Å². The molecule has 1 aromatic carbocycles. The molecule has 0 N–H and O–H groups in total. The first kappa shape index (κ1) is 11.5. The average Bonchev–Trinajstić information content (AvgIpc) is 2.73. The van der Waals surface area contributed by atoms with Gasteiger partial charge in [0.2, 0.25) is 5.91 Å². The van der Waals surface area contributed by atoms with E-state index in [2.05, 4.69) is 25.1 Å². The summed E-state index contributed by atoms with van der Waals surface area (Å²) in [6.07, 6.45) is 6.21. The van der Waals surface area contributed by atoms with Crippen LogP contribution in [-0.2, 0) is 12.8 Å². The van der Waals surface area contributed by atoms with Gasteiger partial charge in [0.05, 0.1) is 5.52 Å². The summed E-state index contributed by atoms with van der Waals surface area (Å²) in [4.78, 5) is 12.4. The minimum absolute atomic E-state index is 0.261. The molecule has 1 aliphatic carbocycles. The summed E-state index contributed by atoms with van der Waals surface area (Å²) in [5, 5.41) is 1.29. The van der Waals surface area contributed by atoms with Crippen molar-refractivity contribution in [1.29, 1.82) is 0 Å². The van der Waals surface area contributed by atoms with Crippen LogP contribution >= 0.6 is 0 Å². The molecular weight excluding hydrogens is 222 g/mol. The SMILES string of the molecule is CCCC(=O)n1c2c(c3ccccc31)CCCC2. The summed E-state index contributed by atoms with van der Waals surface area (Å²) in [6, 6.07) is 8.35. The predicted molar refractivity (Wildman–Crippen MR) is 74.1 cm³/mol. The van der Waals surface area contributed by atoms with Gasteiger partial charge < -0.3 is 0 Å². The van der Waals surface area contributed by atoms with Crippen molar-refractivity contribution in [2.45, 2.75) is 45.4 Å². The fourth-order valence-electron chi connectivity index (χ4n) is 3.11. The fourth-order valence-corrected chi connectivity index (χ4v) is 3.11. The minimum atomic E-state index is 0.261. The summed E-state index contributed by atoms with van der Waals surface area (Å²) in [6.45, 7) is 2.07. The molecule has 2 aromatic rings. The largest absolute Gasteiger partial charge is 0.284 e. The maximum atomic E-state index is 12.4. The number of fused-ring (bicyclic) bond motifs is 3. The summed E-state index contributed by atoms with van der Waals surface area (Å²) >= 11 is 0. The van der Waals surface area contributed by atoms with Gasteiger partial charge in [-0.2, -0.15) is 0 Å². The third-order valence-corrected chi connectivity index (χ3v) is 3.89. The number of rotatable bonds is 2. The first-order chi connectivity index (χ1) is 8.83. The van der Waals surface area contributed by atoms with Gasteiger partial charge in [-0.05, 0) is 43.7 Å². The third kappa shape index (κ3) is 1.67. The molecule has 2 heteroatoms. The maximum Gasteiger partial charge on any atom is 0.231 e. The highest BCUT2D eigenvalue weighted by Gasteiger charge is 2.22. The highest BCUT2D eigenvalue weighted by molar-refractivity contribution is 5.96. The molecule has 2 nitrogen and oxygen atoms in total. The Morgan fingerprint density at radius 1 is 1.22 bits per heavy atom. The lowest BCUT2D eigenvalue weighted by atomic mass is 9.95. The van der Waals surface area contributed by atoms with E-state index in [-0.39, 0.29) is 5.91 Å². The Balaban J connectivity index is 2.25. The molecule has 0 fully saturated rings. The molecule has 1 aliphatic rings. The zero-order valence-electron chi connectivity index (χ0n) is 10.9. The van der Waals surface area contributed by atoms with Gasteiger partial charge in [-0.1, -0.05) is 25.1 Å². The van der Waals surface area contributed by atoms with Crippen molar-refractivity contribution in [1.82, 2.24) is 4.57 Å². The van der Waals surface area contributed by atoms with Crippen LogP contribution in [0.15, 0.2) is 24.3 Å². The average molecular weight is 241 g/mol. The van der Waals surface area contributed by atoms with Crippen molar-refractivity contribution < 1.29 is 4.79 Å². The van der Waals surface area contributed by atoms with E-state index in [0.717, 1.165) is 24.8 Å². The van der Waals surface area contributed by atoms with Crippen LogP contribution < -0.4 is 0 Å². The zero-order valence-corrected chi connectivity index (χ0v) is 10.9. The van der Waals surface area contributed by atoms with Crippen LogP contribution in [0, 0.1) is 0 Å². The summed E-state index contributed by atoms with van der Waals surface area (Å²) in [7, 11) is 0. The molecule has 0 aliphatic heterocycles. The molecule has 1 aromatic heterocycles. The maximum absolute atomic E-state index is 12.4. The first-order valence-corrected chi connectivity index (χ1v) is 6.97. The van der Waals surface area contributed by atoms with Gasteiger partial charge in [0.25, 0.3) is 0 Å². The Morgan fingerprint density at radius 2 is 2.00 bits per heavy atom. The van der Waals surface area contributed by atoms with Crippen molar-refractivity contribution >= 4 is 16.8 Å². The summed E-state index contributed by atoms with van der Waals surface area (Å²) < 4.78 is 1.99. The number of aryl methyl sites for hydroxylation is 1. The highest BCUT2D eigenvalue weighted by Crippen LogP contribution is 2.32. The normalized spacial score (nSPS) is 14.7. The third-order valence-electron chi connectivity index (χ3n) is 3.89. The smallest absolute Gasteiger partial charge is 0.231 e. The van der Waals surface area contributed by atoms with Crippen molar-refractivity contribution in [2.75, 3.05) is 0 Å². The van der Waals surface area contributed by atoms with Crippen LogP contribution in [0.3, 0.4) is 0 Å². The second-order valence-electron chi connectivity index (χ2n) is 5.13. The molecule has 0 saturated carbocycles. The van der Waals surface area contributed by atoms with Gasteiger partial charge in [0, 0.05) is 17.5 Å². The number of nitrogens with zero attached hydrogens (tertiary/aromatic N) is 1. The molecule has 0 atom stereocenters. The second-order valence-corrected chi connectivity index (χ2v) is 5.13. The molecule has 0 radical (unpaired) electrons. The van der Waals surface area contributed by atoms with Crippen LogP contribution in [-0.4, -0.2) is 10.5 Å². The van der Waals surface area contributed by atoms with Crippen LogP contribution in [0.25, 0.3) is 10.9 Å². The fraction of sp³-hybridized carbons (Fsp3) is 0.438. The number of aromatic nitrogens is 1. The Labute approximate surface area is 108 Å². The van der Waals surface area contributed by atoms with Crippen LogP contribution in [0.5, 0.6) is 0 Å². The molecule has 0 spiro atoms. The molecule has 0 unspecified atom stereocenters. The summed E-state index contributed by atoms with van der Waals surface area (Å²) in [5.74, 6) is 0.261. The Morgan fingerprint density at radius 3 is 2.83 bits per heavy atom. The quantitative estimate of drug-likeness (QED) is 0.780. The van der Waals surface area contributed by atoms with Crippen molar-refractivity contribution in [3.63, 3.8) is 0 Å². The van der Waals surface area contributed by atoms with Gasteiger partial charge in [0.15, 0.2) is 0 Å². The molecule has 0 amide bonds.